The normalized spacial score (nSPS) is 27.4. The topological polar surface area (TPSA) is 284 Å². The first-order valence-corrected chi connectivity index (χ1v) is 12.8. The number of aromatic amines is 1. The molecule has 0 radical (unpaired) electrons. The highest BCUT2D eigenvalue weighted by atomic mass is 35.5. The minimum absolute atomic E-state index is 0.405. The Labute approximate surface area is 182 Å². The Hall–Kier alpha value is -0.910. The van der Waals surface area contributed by atoms with Crippen molar-refractivity contribution in [2.24, 2.45) is 0 Å². The number of nitrogens with one attached hydrogen (secondary N) is 1. The summed E-state index contributed by atoms with van der Waals surface area (Å²) in [5.74, 6) is 0. The van der Waals surface area contributed by atoms with Gasteiger partial charge in [-0.3, -0.25) is 4.52 Å². The molecule has 0 amide bonds. The third kappa shape index (κ3) is 8.14. The number of hydrogen-bond donors (Lipinski definition) is 8. The van der Waals surface area contributed by atoms with Gasteiger partial charge >= 0.3 is 23.5 Å². The smallest absolute Gasteiger partial charge is 0.387 e. The number of hydrogen-bond acceptors (Lipinski definition) is 13. The van der Waals surface area contributed by atoms with E-state index >= 15 is 0 Å². The minimum Gasteiger partial charge on any atom is -0.387 e. The predicted molar refractivity (Wildman–Crippen MR) is 99.4 cm³/mol. The maximum atomic E-state index is 11.3. The molecule has 2 aromatic rings. The van der Waals surface area contributed by atoms with E-state index in [0.717, 1.165) is 0 Å². The highest BCUT2D eigenvalue weighted by Gasteiger charge is 2.45. The van der Waals surface area contributed by atoms with Gasteiger partial charge in [0.15, 0.2) is 17.1 Å². The summed E-state index contributed by atoms with van der Waals surface area (Å²) in [4.78, 5) is 48.9. The van der Waals surface area contributed by atoms with Gasteiger partial charge in [-0.2, -0.15) is 8.62 Å². The summed E-state index contributed by atoms with van der Waals surface area (Å²) in [5, 5.41) is 27.9. The molecule has 0 aromatic carbocycles. The SMILES string of the molecule is Clc1ncnc2nc[nH]c12.O=P(O)(O)OP(=O)(O)OP(=O)(O)OC[C@H]1OC(O)[C@H](O)[C@@H]1O. The monoisotopic (exact) mass is 544 g/mol. The van der Waals surface area contributed by atoms with Crippen molar-refractivity contribution in [1.82, 2.24) is 19.9 Å². The first-order valence-electron chi connectivity index (χ1n) is 7.88. The summed E-state index contributed by atoms with van der Waals surface area (Å²) in [7, 11) is -16.5. The van der Waals surface area contributed by atoms with Gasteiger partial charge in [0.2, 0.25) is 0 Å². The largest absolute Gasteiger partial charge is 0.490 e. The lowest BCUT2D eigenvalue weighted by Crippen LogP contribution is -2.34. The number of H-pyrrole nitrogens is 1. The molecular formula is C10H16ClN4O14P3. The van der Waals surface area contributed by atoms with Crippen LogP contribution in [0.3, 0.4) is 0 Å². The molecular weight excluding hydrogens is 528 g/mol. The molecule has 6 atom stereocenters. The van der Waals surface area contributed by atoms with E-state index in [-0.39, 0.29) is 0 Å². The fourth-order valence-electron chi connectivity index (χ4n) is 2.07. The van der Waals surface area contributed by atoms with E-state index < -0.39 is 54.7 Å². The third-order valence-electron chi connectivity index (χ3n) is 3.33. The van der Waals surface area contributed by atoms with E-state index in [1.165, 1.54) is 12.7 Å². The van der Waals surface area contributed by atoms with Crippen molar-refractivity contribution in [3.05, 3.63) is 17.8 Å². The molecule has 1 aliphatic rings. The Morgan fingerprint density at radius 3 is 2.19 bits per heavy atom. The van der Waals surface area contributed by atoms with Gasteiger partial charge in [-0.1, -0.05) is 11.6 Å². The molecule has 0 spiro atoms. The average Bonchev–Trinajstić information content (AvgIpc) is 3.19. The van der Waals surface area contributed by atoms with Gasteiger partial charge in [0.05, 0.1) is 12.9 Å². The number of ether oxygens (including phenoxy) is 1. The maximum Gasteiger partial charge on any atom is 0.490 e. The van der Waals surface area contributed by atoms with Crippen LogP contribution in [0.4, 0.5) is 0 Å². The Balaban J connectivity index is 0.000000297. The number of rotatable bonds is 7. The van der Waals surface area contributed by atoms with Crippen LogP contribution in [0.1, 0.15) is 0 Å². The van der Waals surface area contributed by atoms with Gasteiger partial charge in [-0.05, 0) is 0 Å². The van der Waals surface area contributed by atoms with E-state index in [1.807, 2.05) is 0 Å². The molecule has 0 bridgehead atoms. The van der Waals surface area contributed by atoms with Gasteiger partial charge < -0.3 is 44.6 Å². The number of aromatic nitrogens is 4. The fraction of sp³-hybridized carbons (Fsp3) is 0.500. The van der Waals surface area contributed by atoms with E-state index in [2.05, 4.69) is 37.8 Å². The first-order chi connectivity index (χ1) is 14.6. The van der Waals surface area contributed by atoms with Gasteiger partial charge in [0, 0.05) is 0 Å². The molecule has 18 nitrogen and oxygen atoms in total. The number of halogens is 1. The van der Waals surface area contributed by atoms with Crippen molar-refractivity contribution < 1.29 is 66.5 Å². The molecule has 3 unspecified atom stereocenters. The lowest BCUT2D eigenvalue weighted by Gasteiger charge is -2.18. The summed E-state index contributed by atoms with van der Waals surface area (Å²) in [6.07, 6.45) is -3.76. The average molecular weight is 545 g/mol. The van der Waals surface area contributed by atoms with Gasteiger partial charge in [0.1, 0.15) is 30.2 Å². The van der Waals surface area contributed by atoms with Crippen molar-refractivity contribution in [3.63, 3.8) is 0 Å². The number of phosphoric acid groups is 3. The van der Waals surface area contributed by atoms with Crippen LogP contribution in [-0.2, 0) is 31.6 Å². The van der Waals surface area contributed by atoms with E-state index in [4.69, 9.17) is 41.4 Å². The lowest BCUT2D eigenvalue weighted by molar-refractivity contribution is -0.132. The second kappa shape index (κ2) is 10.6. The zero-order valence-electron chi connectivity index (χ0n) is 15.2. The zero-order valence-corrected chi connectivity index (χ0v) is 18.7. The molecule has 3 heterocycles. The van der Waals surface area contributed by atoms with Crippen LogP contribution in [-0.4, -0.2) is 86.0 Å². The Bertz CT molecular complexity index is 1060. The summed E-state index contributed by atoms with van der Waals surface area (Å²) < 4.78 is 48.3. The molecule has 32 heavy (non-hydrogen) atoms. The van der Waals surface area contributed by atoms with Crippen molar-refractivity contribution in [3.8, 4) is 0 Å². The molecule has 1 aliphatic heterocycles. The van der Waals surface area contributed by atoms with Crippen LogP contribution >= 0.6 is 35.1 Å². The van der Waals surface area contributed by atoms with Crippen molar-refractivity contribution >= 4 is 46.2 Å². The lowest BCUT2D eigenvalue weighted by atomic mass is 10.1. The first kappa shape index (κ1) is 27.3. The second-order valence-corrected chi connectivity index (χ2v) is 10.5. The van der Waals surface area contributed by atoms with Crippen LogP contribution < -0.4 is 0 Å². The third-order valence-corrected chi connectivity index (χ3v) is 7.42. The number of nitrogens with zero attached hydrogens (tertiary/aromatic N) is 3. The molecule has 2 aromatic heterocycles. The molecule has 0 saturated carbocycles. The number of aliphatic hydroxyl groups excluding tert-OH is 3. The van der Waals surface area contributed by atoms with Crippen molar-refractivity contribution in [2.45, 2.75) is 24.6 Å². The summed E-state index contributed by atoms with van der Waals surface area (Å²) in [6.45, 7) is -0.973. The van der Waals surface area contributed by atoms with E-state index in [0.29, 0.717) is 16.3 Å². The van der Waals surface area contributed by atoms with Crippen LogP contribution in [0.2, 0.25) is 5.15 Å². The minimum atomic E-state index is -5.64. The molecule has 8 N–H and O–H groups in total. The number of phosphoric ester groups is 1. The van der Waals surface area contributed by atoms with E-state index in [1.54, 1.807) is 0 Å². The Morgan fingerprint density at radius 1 is 1.00 bits per heavy atom. The molecule has 22 heteroatoms. The molecule has 1 fully saturated rings. The fourth-order valence-corrected chi connectivity index (χ4v) is 5.29. The van der Waals surface area contributed by atoms with Gasteiger partial charge in [0.25, 0.3) is 0 Å². The van der Waals surface area contributed by atoms with Crippen LogP contribution in [0.25, 0.3) is 11.2 Å². The van der Waals surface area contributed by atoms with Crippen LogP contribution in [0.5, 0.6) is 0 Å². The molecule has 182 valence electrons. The summed E-state index contributed by atoms with van der Waals surface area (Å²) >= 11 is 5.68. The quantitative estimate of drug-likeness (QED) is 0.149. The zero-order chi connectivity index (χ0) is 24.3. The molecule has 0 aliphatic carbocycles. The van der Waals surface area contributed by atoms with Crippen molar-refractivity contribution in [2.75, 3.05) is 6.61 Å². The molecule has 3 rings (SSSR count). The predicted octanol–water partition coefficient (Wildman–Crippen LogP) is -1.23. The number of fused-ring (bicyclic) bond motifs is 1. The van der Waals surface area contributed by atoms with Crippen molar-refractivity contribution in [1.29, 1.82) is 0 Å². The Kier molecular flexibility index (Phi) is 9.03. The number of imidazole rings is 1. The maximum absolute atomic E-state index is 11.3. The highest BCUT2D eigenvalue weighted by molar-refractivity contribution is 7.66. The van der Waals surface area contributed by atoms with E-state index in [9.17, 15) is 18.8 Å². The summed E-state index contributed by atoms with van der Waals surface area (Å²) in [6, 6.07) is 0. The van der Waals surface area contributed by atoms with Gasteiger partial charge in [-0.15, -0.1) is 0 Å². The molecule has 1 saturated heterocycles. The number of aliphatic hydroxyl groups is 3. The van der Waals surface area contributed by atoms with Crippen LogP contribution in [0.15, 0.2) is 12.7 Å². The second-order valence-electron chi connectivity index (χ2n) is 5.70. The Morgan fingerprint density at radius 2 is 1.66 bits per heavy atom. The highest BCUT2D eigenvalue weighted by Crippen LogP contribution is 2.66. The van der Waals surface area contributed by atoms with Gasteiger partial charge in [-0.25, -0.2) is 28.6 Å². The summed E-state index contributed by atoms with van der Waals surface area (Å²) in [5.41, 5.74) is 1.28. The standard InChI is InChI=1S/C5H3ClN4.C5H13O14P3/c6-4-3-5(9-1-7-3)10-2-8-4;6-3-2(17-5(8)4(3)7)1-16-21(12,13)19-22(14,15)18-20(9,10)11/h1-2H,(H,7,8,9,10);2-8H,1H2,(H,12,13)(H,14,15)(H2,9,10,11)/t;2-,3-,4-,5?/m.1/s1. The van der Waals surface area contributed by atoms with Crippen LogP contribution in [0, 0.1) is 0 Å².